The minimum absolute atomic E-state index is 0.127. The Morgan fingerprint density at radius 2 is 1.89 bits per heavy atom. The standard InChI is InChI=1S/C21H22FNO4S/c1-5-6-16-10-14-11-17(28(4,25)26)7-8-19(14)23(16)20-13(2)9-15(22)12-18(20)21(24)27-3/h7-12H,5-6H2,1-4H3. The molecule has 0 aliphatic carbocycles. The van der Waals surface area contributed by atoms with Crippen LogP contribution in [0.5, 0.6) is 0 Å². The molecule has 0 saturated heterocycles. The summed E-state index contributed by atoms with van der Waals surface area (Å²) in [5, 5.41) is 0.742. The molecular formula is C21H22FNO4S. The van der Waals surface area contributed by atoms with Crippen molar-refractivity contribution in [2.75, 3.05) is 13.4 Å². The topological polar surface area (TPSA) is 65.4 Å². The van der Waals surface area contributed by atoms with Gasteiger partial charge in [-0.25, -0.2) is 17.6 Å². The number of ether oxygens (including phenoxy) is 1. The van der Waals surface area contributed by atoms with Crippen LogP contribution >= 0.6 is 0 Å². The summed E-state index contributed by atoms with van der Waals surface area (Å²) in [6.07, 6.45) is 2.72. The number of methoxy groups -OCH3 is 1. The number of rotatable bonds is 5. The summed E-state index contributed by atoms with van der Waals surface area (Å²) in [7, 11) is -2.09. The number of halogens is 1. The molecule has 0 fully saturated rings. The van der Waals surface area contributed by atoms with Gasteiger partial charge in [-0.1, -0.05) is 13.3 Å². The molecule has 1 heterocycles. The normalized spacial score (nSPS) is 11.8. The summed E-state index contributed by atoms with van der Waals surface area (Å²) in [6.45, 7) is 3.76. The SMILES string of the molecule is CCCc1cc2cc(S(C)(=O)=O)ccc2n1-c1c(C)cc(F)cc1C(=O)OC. The Hall–Kier alpha value is -2.67. The molecule has 5 nitrogen and oxygen atoms in total. The fraction of sp³-hybridized carbons (Fsp3) is 0.286. The number of aryl methyl sites for hydroxylation is 2. The van der Waals surface area contributed by atoms with Crippen molar-refractivity contribution in [1.82, 2.24) is 4.57 Å². The lowest BCUT2D eigenvalue weighted by molar-refractivity contribution is 0.0600. The van der Waals surface area contributed by atoms with Gasteiger partial charge in [-0.05, 0) is 55.3 Å². The molecule has 3 aromatic rings. The molecule has 0 N–H and O–H groups in total. The smallest absolute Gasteiger partial charge is 0.340 e. The molecular weight excluding hydrogens is 381 g/mol. The molecule has 0 saturated carbocycles. The van der Waals surface area contributed by atoms with Crippen LogP contribution in [0.25, 0.3) is 16.6 Å². The fourth-order valence-electron chi connectivity index (χ4n) is 3.48. The van der Waals surface area contributed by atoms with Crippen LogP contribution in [0.4, 0.5) is 4.39 Å². The second kappa shape index (κ2) is 7.39. The Morgan fingerprint density at radius 3 is 2.50 bits per heavy atom. The third kappa shape index (κ3) is 3.54. The van der Waals surface area contributed by atoms with Gasteiger partial charge >= 0.3 is 5.97 Å². The van der Waals surface area contributed by atoms with Crippen LogP contribution in [-0.4, -0.2) is 32.3 Å². The van der Waals surface area contributed by atoms with Crippen LogP contribution in [0.1, 0.15) is 35.0 Å². The third-order valence-corrected chi connectivity index (χ3v) is 5.79. The highest BCUT2D eigenvalue weighted by molar-refractivity contribution is 7.90. The van der Waals surface area contributed by atoms with Gasteiger partial charge in [0.05, 0.1) is 28.8 Å². The summed E-state index contributed by atoms with van der Waals surface area (Å²) in [5.41, 5.74) is 2.90. The summed E-state index contributed by atoms with van der Waals surface area (Å²) in [4.78, 5) is 12.6. The van der Waals surface area contributed by atoms with Gasteiger partial charge in [0.2, 0.25) is 0 Å². The molecule has 1 aromatic heterocycles. The number of sulfone groups is 1. The molecule has 148 valence electrons. The molecule has 0 spiro atoms. The van der Waals surface area contributed by atoms with Crippen molar-refractivity contribution < 1.29 is 22.3 Å². The van der Waals surface area contributed by atoms with Crippen molar-refractivity contribution >= 4 is 26.7 Å². The van der Waals surface area contributed by atoms with Gasteiger partial charge in [0.15, 0.2) is 9.84 Å². The molecule has 0 aliphatic rings. The van der Waals surface area contributed by atoms with E-state index in [1.807, 2.05) is 17.6 Å². The highest BCUT2D eigenvalue weighted by Gasteiger charge is 2.22. The van der Waals surface area contributed by atoms with E-state index in [2.05, 4.69) is 0 Å². The van der Waals surface area contributed by atoms with E-state index in [9.17, 15) is 17.6 Å². The zero-order valence-corrected chi connectivity index (χ0v) is 17.1. The van der Waals surface area contributed by atoms with E-state index >= 15 is 0 Å². The Labute approximate surface area is 163 Å². The predicted octanol–water partition coefficient (Wildman–Crippen LogP) is 4.22. The molecule has 0 bridgehead atoms. The quantitative estimate of drug-likeness (QED) is 0.598. The maximum Gasteiger partial charge on any atom is 0.340 e. The number of fused-ring (bicyclic) bond motifs is 1. The van der Waals surface area contributed by atoms with Gasteiger partial charge in [-0.2, -0.15) is 0 Å². The molecule has 0 radical (unpaired) electrons. The maximum absolute atomic E-state index is 14.0. The Kier molecular flexibility index (Phi) is 5.30. The van der Waals surface area contributed by atoms with Crippen molar-refractivity contribution in [3.63, 3.8) is 0 Å². The van der Waals surface area contributed by atoms with Gasteiger partial charge in [0, 0.05) is 17.3 Å². The van der Waals surface area contributed by atoms with Gasteiger partial charge in [-0.3, -0.25) is 0 Å². The van der Waals surface area contributed by atoms with Crippen LogP contribution in [0.2, 0.25) is 0 Å². The highest BCUT2D eigenvalue weighted by atomic mass is 32.2. The van der Waals surface area contributed by atoms with Crippen LogP contribution in [0.3, 0.4) is 0 Å². The van der Waals surface area contributed by atoms with E-state index in [0.29, 0.717) is 17.7 Å². The van der Waals surface area contributed by atoms with Gasteiger partial charge in [0.1, 0.15) is 5.82 Å². The van der Waals surface area contributed by atoms with Gasteiger partial charge in [0.25, 0.3) is 0 Å². The van der Waals surface area contributed by atoms with Gasteiger partial charge in [-0.15, -0.1) is 0 Å². The maximum atomic E-state index is 14.0. The summed E-state index contributed by atoms with van der Waals surface area (Å²) >= 11 is 0. The van der Waals surface area contributed by atoms with E-state index in [-0.39, 0.29) is 10.5 Å². The van der Waals surface area contributed by atoms with Crippen molar-refractivity contribution in [3.05, 3.63) is 59.0 Å². The van der Waals surface area contributed by atoms with E-state index < -0.39 is 21.6 Å². The summed E-state index contributed by atoms with van der Waals surface area (Å²) in [6, 6.07) is 9.33. The van der Waals surface area contributed by atoms with Crippen molar-refractivity contribution in [1.29, 1.82) is 0 Å². The highest BCUT2D eigenvalue weighted by Crippen LogP contribution is 2.32. The number of benzene rings is 2. The lowest BCUT2D eigenvalue weighted by Crippen LogP contribution is -2.12. The number of hydrogen-bond acceptors (Lipinski definition) is 4. The minimum atomic E-state index is -3.35. The molecule has 0 aliphatic heterocycles. The summed E-state index contributed by atoms with van der Waals surface area (Å²) in [5.74, 6) is -1.15. The number of nitrogens with zero attached hydrogens (tertiary/aromatic N) is 1. The third-order valence-electron chi connectivity index (χ3n) is 4.68. The second-order valence-electron chi connectivity index (χ2n) is 6.82. The van der Waals surface area contributed by atoms with Gasteiger partial charge < -0.3 is 9.30 Å². The molecule has 0 atom stereocenters. The Bertz CT molecular complexity index is 1180. The van der Waals surface area contributed by atoms with Crippen molar-refractivity contribution in [2.45, 2.75) is 31.6 Å². The van der Waals surface area contributed by atoms with Crippen LogP contribution < -0.4 is 0 Å². The average Bonchev–Trinajstić information content (AvgIpc) is 2.97. The van der Waals surface area contributed by atoms with E-state index in [4.69, 9.17) is 4.74 Å². The molecule has 2 aromatic carbocycles. The first-order valence-electron chi connectivity index (χ1n) is 8.90. The Balaban J connectivity index is 2.40. The first-order chi connectivity index (χ1) is 13.2. The molecule has 3 rings (SSSR count). The first kappa shape index (κ1) is 20.1. The predicted molar refractivity (Wildman–Crippen MR) is 106 cm³/mol. The number of aromatic nitrogens is 1. The van der Waals surface area contributed by atoms with E-state index in [0.717, 1.165) is 29.3 Å². The molecule has 7 heteroatoms. The fourth-order valence-corrected chi connectivity index (χ4v) is 4.14. The van der Waals surface area contributed by atoms with Crippen LogP contribution in [0.15, 0.2) is 41.3 Å². The number of carbonyl (C=O) groups excluding carboxylic acids is 1. The molecule has 0 unspecified atom stereocenters. The summed E-state index contributed by atoms with van der Waals surface area (Å²) < 4.78 is 44.6. The second-order valence-corrected chi connectivity index (χ2v) is 8.84. The lowest BCUT2D eigenvalue weighted by atomic mass is 10.1. The lowest BCUT2D eigenvalue weighted by Gasteiger charge is -2.17. The largest absolute Gasteiger partial charge is 0.465 e. The average molecular weight is 403 g/mol. The van der Waals surface area contributed by atoms with E-state index in [1.54, 1.807) is 25.1 Å². The molecule has 28 heavy (non-hydrogen) atoms. The zero-order valence-electron chi connectivity index (χ0n) is 16.2. The monoisotopic (exact) mass is 403 g/mol. The van der Waals surface area contributed by atoms with Crippen molar-refractivity contribution in [2.24, 2.45) is 0 Å². The number of hydrogen-bond donors (Lipinski definition) is 0. The minimum Gasteiger partial charge on any atom is -0.465 e. The van der Waals surface area contributed by atoms with E-state index in [1.165, 1.54) is 19.2 Å². The molecule has 0 amide bonds. The number of carbonyl (C=O) groups is 1. The number of esters is 1. The van der Waals surface area contributed by atoms with Crippen molar-refractivity contribution in [3.8, 4) is 5.69 Å². The Morgan fingerprint density at radius 1 is 1.18 bits per heavy atom. The first-order valence-corrected chi connectivity index (χ1v) is 10.8. The zero-order chi connectivity index (χ0) is 20.6. The van der Waals surface area contributed by atoms with Crippen LogP contribution in [-0.2, 0) is 21.0 Å². The van der Waals surface area contributed by atoms with Crippen LogP contribution in [0, 0.1) is 12.7 Å².